The lowest BCUT2D eigenvalue weighted by molar-refractivity contribution is 0.528. The third kappa shape index (κ3) is 3.44. The molecular weight excluding hydrogens is 351 g/mol. The largest absolute Gasteiger partial charge is 0.441 e. The van der Waals surface area contributed by atoms with E-state index < -0.39 is 0 Å². The van der Waals surface area contributed by atoms with Crippen molar-refractivity contribution in [3.05, 3.63) is 55.6 Å². The number of hydrogen-bond donors (Lipinski definition) is 1. The zero-order valence-corrected chi connectivity index (χ0v) is 15.2. The van der Waals surface area contributed by atoms with Gasteiger partial charge in [0.15, 0.2) is 11.5 Å². The predicted octanol–water partition coefficient (Wildman–Crippen LogP) is 5.85. The molecule has 2 heterocycles. The highest BCUT2D eigenvalue weighted by Crippen LogP contribution is 2.28. The molecule has 0 unspecified atom stereocenters. The summed E-state index contributed by atoms with van der Waals surface area (Å²) in [5.41, 5.74) is 4.77. The van der Waals surface area contributed by atoms with Gasteiger partial charge in [0, 0.05) is 23.2 Å². The van der Waals surface area contributed by atoms with Crippen LogP contribution in [0.3, 0.4) is 0 Å². The topological polar surface area (TPSA) is 41.8 Å². The minimum absolute atomic E-state index is 0.503. The van der Waals surface area contributed by atoms with Crippen LogP contribution in [0.4, 0.5) is 0 Å². The number of fused-ring (bicyclic) bond motifs is 1. The van der Waals surface area contributed by atoms with E-state index in [4.69, 9.17) is 39.8 Å². The average Bonchev–Trinajstić information content (AvgIpc) is 2.89. The van der Waals surface area contributed by atoms with Gasteiger partial charge in [-0.15, -0.1) is 0 Å². The highest BCUT2D eigenvalue weighted by Gasteiger charge is 2.11. The average molecular weight is 367 g/mol. The molecule has 0 aliphatic heterocycles. The molecule has 0 bridgehead atoms. The summed E-state index contributed by atoms with van der Waals surface area (Å²) in [6, 6.07) is 5.56. The van der Waals surface area contributed by atoms with E-state index in [0.29, 0.717) is 33.5 Å². The number of halogens is 2. The second-order valence-corrected chi connectivity index (χ2v) is 6.72. The minimum Gasteiger partial charge on any atom is -0.441 e. The number of pyridine rings is 1. The van der Waals surface area contributed by atoms with Gasteiger partial charge in [-0.2, -0.15) is 0 Å². The molecule has 0 radical (unpaired) electrons. The molecule has 1 aromatic carbocycles. The number of benzene rings is 1. The van der Waals surface area contributed by atoms with Gasteiger partial charge in [0.1, 0.15) is 10.2 Å². The van der Waals surface area contributed by atoms with Crippen LogP contribution in [0.2, 0.25) is 10.0 Å². The van der Waals surface area contributed by atoms with Gasteiger partial charge in [0.25, 0.3) is 0 Å². The van der Waals surface area contributed by atoms with Crippen molar-refractivity contribution in [3.63, 3.8) is 0 Å². The fourth-order valence-electron chi connectivity index (χ4n) is 2.62. The standard InChI is InChI=1S/C17H16Cl2N2OS/c1-3-10-6-11(17(23)20-9(10)2)4-5-15-21-16-13(19)7-12(18)8-14(16)22-15/h6-8H,3-5H2,1-2H3,(H,20,23). The maximum atomic E-state index is 6.15. The summed E-state index contributed by atoms with van der Waals surface area (Å²) >= 11 is 17.6. The van der Waals surface area contributed by atoms with Gasteiger partial charge in [-0.25, -0.2) is 4.98 Å². The van der Waals surface area contributed by atoms with Gasteiger partial charge < -0.3 is 9.40 Å². The lowest BCUT2D eigenvalue weighted by atomic mass is 10.1. The van der Waals surface area contributed by atoms with Gasteiger partial charge in [-0.05, 0) is 37.0 Å². The van der Waals surface area contributed by atoms with Crippen LogP contribution in [0.25, 0.3) is 11.1 Å². The van der Waals surface area contributed by atoms with E-state index in [1.54, 1.807) is 12.1 Å². The molecule has 0 aliphatic rings. The molecule has 23 heavy (non-hydrogen) atoms. The summed E-state index contributed by atoms with van der Waals surface area (Å²) in [5, 5.41) is 1.04. The number of rotatable bonds is 4. The van der Waals surface area contributed by atoms with E-state index in [1.807, 2.05) is 6.92 Å². The Hall–Kier alpha value is -1.36. The first-order valence-corrected chi connectivity index (χ1v) is 8.60. The number of aryl methyl sites for hydroxylation is 4. The fraction of sp³-hybridized carbons (Fsp3) is 0.294. The van der Waals surface area contributed by atoms with E-state index in [9.17, 15) is 0 Å². The van der Waals surface area contributed by atoms with Gasteiger partial charge in [0.2, 0.25) is 0 Å². The zero-order valence-electron chi connectivity index (χ0n) is 12.9. The second-order valence-electron chi connectivity index (χ2n) is 5.47. The van der Waals surface area contributed by atoms with Gasteiger partial charge in [0.05, 0.1) is 5.02 Å². The van der Waals surface area contributed by atoms with Crippen molar-refractivity contribution in [2.45, 2.75) is 33.1 Å². The number of aromatic nitrogens is 2. The number of aromatic amines is 1. The monoisotopic (exact) mass is 366 g/mol. The quantitative estimate of drug-likeness (QED) is 0.588. The summed E-state index contributed by atoms with van der Waals surface area (Å²) in [4.78, 5) is 7.72. The fourth-order valence-corrected chi connectivity index (χ4v) is 3.45. The summed E-state index contributed by atoms with van der Waals surface area (Å²) in [5.74, 6) is 0.636. The molecule has 3 nitrogen and oxygen atoms in total. The van der Waals surface area contributed by atoms with Crippen LogP contribution in [-0.4, -0.2) is 9.97 Å². The molecule has 120 valence electrons. The van der Waals surface area contributed by atoms with Crippen molar-refractivity contribution >= 4 is 46.5 Å². The molecule has 0 amide bonds. The molecular formula is C17H16Cl2N2OS. The van der Waals surface area contributed by atoms with Crippen molar-refractivity contribution in [2.24, 2.45) is 0 Å². The summed E-state index contributed by atoms with van der Waals surface area (Å²) in [6.45, 7) is 4.18. The molecule has 3 aromatic rings. The summed E-state index contributed by atoms with van der Waals surface area (Å²) < 4.78 is 6.52. The number of nitrogens with zero attached hydrogens (tertiary/aromatic N) is 1. The van der Waals surface area contributed by atoms with Crippen molar-refractivity contribution in [3.8, 4) is 0 Å². The number of H-pyrrole nitrogens is 1. The lowest BCUT2D eigenvalue weighted by Gasteiger charge is -2.07. The van der Waals surface area contributed by atoms with Gasteiger partial charge in [-0.3, -0.25) is 0 Å². The van der Waals surface area contributed by atoms with Crippen LogP contribution in [0.5, 0.6) is 0 Å². The molecule has 3 rings (SSSR count). The Labute approximate surface area is 149 Å². The molecule has 0 aliphatic carbocycles. The summed E-state index contributed by atoms with van der Waals surface area (Å²) in [6.07, 6.45) is 2.40. The van der Waals surface area contributed by atoms with E-state index in [-0.39, 0.29) is 0 Å². The molecule has 0 fully saturated rings. The molecule has 1 N–H and O–H groups in total. The molecule has 0 saturated carbocycles. The molecule has 0 saturated heterocycles. The number of oxazole rings is 1. The van der Waals surface area contributed by atoms with Crippen LogP contribution in [-0.2, 0) is 19.3 Å². The van der Waals surface area contributed by atoms with Crippen molar-refractivity contribution in [1.82, 2.24) is 9.97 Å². The van der Waals surface area contributed by atoms with Crippen LogP contribution in [0.1, 0.15) is 29.6 Å². The van der Waals surface area contributed by atoms with Crippen molar-refractivity contribution < 1.29 is 4.42 Å². The highest BCUT2D eigenvalue weighted by molar-refractivity contribution is 7.71. The maximum absolute atomic E-state index is 6.15. The Morgan fingerprint density at radius 3 is 2.70 bits per heavy atom. The highest BCUT2D eigenvalue weighted by atomic mass is 35.5. The predicted molar refractivity (Wildman–Crippen MR) is 97.2 cm³/mol. The maximum Gasteiger partial charge on any atom is 0.195 e. The smallest absolute Gasteiger partial charge is 0.195 e. The summed E-state index contributed by atoms with van der Waals surface area (Å²) in [7, 11) is 0. The zero-order chi connectivity index (χ0) is 16.6. The molecule has 6 heteroatoms. The van der Waals surface area contributed by atoms with Crippen LogP contribution in [0.15, 0.2) is 22.6 Å². The van der Waals surface area contributed by atoms with E-state index in [0.717, 1.165) is 28.7 Å². The third-order valence-corrected chi connectivity index (χ3v) is 4.74. The Morgan fingerprint density at radius 1 is 1.17 bits per heavy atom. The normalized spacial score (nSPS) is 11.3. The minimum atomic E-state index is 0.503. The third-order valence-electron chi connectivity index (χ3n) is 3.87. The van der Waals surface area contributed by atoms with E-state index >= 15 is 0 Å². The Balaban J connectivity index is 1.86. The second kappa shape index (κ2) is 6.63. The van der Waals surface area contributed by atoms with E-state index in [2.05, 4.69) is 23.0 Å². The molecule has 2 aromatic heterocycles. The molecule has 0 atom stereocenters. The first kappa shape index (κ1) is 16.5. The molecule has 0 spiro atoms. The Kier molecular flexibility index (Phi) is 4.76. The SMILES string of the molecule is CCc1cc(CCc2nc3c(Cl)cc(Cl)cc3o2)c(=S)[nH]c1C. The van der Waals surface area contributed by atoms with Crippen molar-refractivity contribution in [1.29, 1.82) is 0 Å². The van der Waals surface area contributed by atoms with Crippen LogP contribution >= 0.6 is 35.4 Å². The Morgan fingerprint density at radius 2 is 1.96 bits per heavy atom. The van der Waals surface area contributed by atoms with Crippen molar-refractivity contribution in [2.75, 3.05) is 0 Å². The first-order chi connectivity index (χ1) is 11.0. The Bertz CT molecular complexity index is 930. The van der Waals surface area contributed by atoms with Gasteiger partial charge in [-0.1, -0.05) is 48.4 Å². The number of hydrogen-bond acceptors (Lipinski definition) is 3. The van der Waals surface area contributed by atoms with Gasteiger partial charge >= 0.3 is 0 Å². The lowest BCUT2D eigenvalue weighted by Crippen LogP contribution is -1.99. The number of nitrogens with one attached hydrogen (secondary N) is 1. The van der Waals surface area contributed by atoms with Crippen LogP contribution < -0.4 is 0 Å². The van der Waals surface area contributed by atoms with E-state index in [1.165, 1.54) is 5.56 Å². The van der Waals surface area contributed by atoms with Crippen LogP contribution in [0, 0.1) is 11.6 Å². The first-order valence-electron chi connectivity index (χ1n) is 7.44.